The van der Waals surface area contributed by atoms with Gasteiger partial charge in [-0.25, -0.2) is 0 Å². The molecule has 0 saturated carbocycles. The van der Waals surface area contributed by atoms with Crippen LogP contribution in [0.1, 0.15) is 12.5 Å². The number of methoxy groups -OCH3 is 1. The van der Waals surface area contributed by atoms with Crippen molar-refractivity contribution in [2.24, 2.45) is 0 Å². The van der Waals surface area contributed by atoms with E-state index in [1.807, 2.05) is 25.2 Å². The fourth-order valence-electron chi connectivity index (χ4n) is 2.04. The van der Waals surface area contributed by atoms with Crippen molar-refractivity contribution in [1.29, 1.82) is 0 Å². The SMILES string of the molecule is CCc1ccc(N(C)c2cc(OC)ccc2N)cc1. The molecule has 0 atom stereocenters. The normalized spacial score (nSPS) is 10.3. The van der Waals surface area contributed by atoms with Crippen LogP contribution in [0.15, 0.2) is 42.5 Å². The van der Waals surface area contributed by atoms with E-state index in [0.29, 0.717) is 0 Å². The number of rotatable bonds is 4. The summed E-state index contributed by atoms with van der Waals surface area (Å²) >= 11 is 0. The molecule has 0 amide bonds. The summed E-state index contributed by atoms with van der Waals surface area (Å²) in [5.41, 5.74) is 10.2. The molecule has 100 valence electrons. The third-order valence-electron chi connectivity index (χ3n) is 3.33. The molecule has 3 heteroatoms. The van der Waals surface area contributed by atoms with E-state index < -0.39 is 0 Å². The summed E-state index contributed by atoms with van der Waals surface area (Å²) in [6, 6.07) is 14.2. The molecule has 3 nitrogen and oxygen atoms in total. The third kappa shape index (κ3) is 2.81. The first-order valence-electron chi connectivity index (χ1n) is 6.42. The van der Waals surface area contributed by atoms with E-state index in [9.17, 15) is 0 Å². The fraction of sp³-hybridized carbons (Fsp3) is 0.250. The molecule has 0 heterocycles. The Kier molecular flexibility index (Phi) is 3.95. The molecule has 0 spiro atoms. The van der Waals surface area contributed by atoms with Gasteiger partial charge in [0, 0.05) is 18.8 Å². The molecule has 0 radical (unpaired) electrons. The molecule has 19 heavy (non-hydrogen) atoms. The number of hydrogen-bond donors (Lipinski definition) is 1. The van der Waals surface area contributed by atoms with E-state index in [0.717, 1.165) is 29.2 Å². The van der Waals surface area contributed by atoms with Crippen LogP contribution in [-0.2, 0) is 6.42 Å². The number of anilines is 3. The third-order valence-corrected chi connectivity index (χ3v) is 3.33. The molecule has 2 aromatic rings. The van der Waals surface area contributed by atoms with E-state index >= 15 is 0 Å². The molecule has 0 unspecified atom stereocenters. The van der Waals surface area contributed by atoms with Crippen LogP contribution in [0.4, 0.5) is 17.1 Å². The lowest BCUT2D eigenvalue weighted by Crippen LogP contribution is -2.11. The van der Waals surface area contributed by atoms with Gasteiger partial charge < -0.3 is 15.4 Å². The Bertz CT molecular complexity index is 549. The number of nitrogens with zero attached hydrogens (tertiary/aromatic N) is 1. The van der Waals surface area contributed by atoms with Crippen LogP contribution in [0.5, 0.6) is 5.75 Å². The smallest absolute Gasteiger partial charge is 0.121 e. The molecule has 0 aliphatic rings. The number of nitrogen functional groups attached to an aromatic ring is 1. The molecule has 2 N–H and O–H groups in total. The number of hydrogen-bond acceptors (Lipinski definition) is 3. The summed E-state index contributed by atoms with van der Waals surface area (Å²) in [5, 5.41) is 0. The van der Waals surface area contributed by atoms with Crippen LogP contribution in [-0.4, -0.2) is 14.2 Å². The highest BCUT2D eigenvalue weighted by Gasteiger charge is 2.09. The molecule has 0 fully saturated rings. The van der Waals surface area contributed by atoms with Gasteiger partial charge in [0.25, 0.3) is 0 Å². The van der Waals surface area contributed by atoms with Gasteiger partial charge in [-0.2, -0.15) is 0 Å². The second-order valence-corrected chi connectivity index (χ2v) is 4.50. The maximum absolute atomic E-state index is 6.04. The monoisotopic (exact) mass is 256 g/mol. The van der Waals surface area contributed by atoms with Crippen LogP contribution in [0.2, 0.25) is 0 Å². The Morgan fingerprint density at radius 1 is 1.11 bits per heavy atom. The Morgan fingerprint density at radius 3 is 2.37 bits per heavy atom. The van der Waals surface area contributed by atoms with Crippen molar-refractivity contribution < 1.29 is 4.74 Å². The molecular weight excluding hydrogens is 236 g/mol. The lowest BCUT2D eigenvalue weighted by atomic mass is 10.1. The van der Waals surface area contributed by atoms with Crippen molar-refractivity contribution in [3.05, 3.63) is 48.0 Å². The zero-order chi connectivity index (χ0) is 13.8. The van der Waals surface area contributed by atoms with Gasteiger partial charge >= 0.3 is 0 Å². The predicted octanol–water partition coefficient (Wildman–Crippen LogP) is 3.61. The van der Waals surface area contributed by atoms with Crippen LogP contribution in [0.25, 0.3) is 0 Å². The van der Waals surface area contributed by atoms with E-state index in [2.05, 4.69) is 36.1 Å². The average molecular weight is 256 g/mol. The molecule has 0 aromatic heterocycles. The standard InChI is InChI=1S/C16H20N2O/c1-4-12-5-7-13(8-6-12)18(2)16-11-14(19-3)9-10-15(16)17/h5-11H,4,17H2,1-3H3. The van der Waals surface area contributed by atoms with E-state index in [1.54, 1.807) is 7.11 Å². The highest BCUT2D eigenvalue weighted by Crippen LogP contribution is 2.32. The Hall–Kier alpha value is -2.16. The maximum atomic E-state index is 6.04. The molecule has 2 rings (SSSR count). The van der Waals surface area contributed by atoms with Crippen molar-refractivity contribution in [1.82, 2.24) is 0 Å². The molecule has 0 saturated heterocycles. The largest absolute Gasteiger partial charge is 0.497 e. The minimum Gasteiger partial charge on any atom is -0.497 e. The first kappa shape index (κ1) is 13.3. The molecule has 0 bridgehead atoms. The Labute approximate surface area is 114 Å². The molecule has 0 aliphatic carbocycles. The zero-order valence-corrected chi connectivity index (χ0v) is 11.7. The van der Waals surface area contributed by atoms with Crippen molar-refractivity contribution in [3.63, 3.8) is 0 Å². The minimum absolute atomic E-state index is 0.739. The average Bonchev–Trinajstić information content (AvgIpc) is 2.47. The van der Waals surface area contributed by atoms with Crippen LogP contribution < -0.4 is 15.4 Å². The predicted molar refractivity (Wildman–Crippen MR) is 81.3 cm³/mol. The summed E-state index contributed by atoms with van der Waals surface area (Å²) < 4.78 is 5.25. The van der Waals surface area contributed by atoms with Crippen LogP contribution in [0.3, 0.4) is 0 Å². The lowest BCUT2D eigenvalue weighted by molar-refractivity contribution is 0.415. The van der Waals surface area contributed by atoms with Gasteiger partial charge in [0.05, 0.1) is 18.5 Å². The van der Waals surface area contributed by atoms with E-state index in [4.69, 9.17) is 10.5 Å². The van der Waals surface area contributed by atoms with Gasteiger partial charge in [0.1, 0.15) is 5.75 Å². The number of ether oxygens (including phenoxy) is 1. The number of aryl methyl sites for hydroxylation is 1. The van der Waals surface area contributed by atoms with Crippen LogP contribution >= 0.6 is 0 Å². The van der Waals surface area contributed by atoms with E-state index in [-0.39, 0.29) is 0 Å². The summed E-state index contributed by atoms with van der Waals surface area (Å²) in [6.07, 6.45) is 1.05. The first-order chi connectivity index (χ1) is 9.15. The number of benzene rings is 2. The van der Waals surface area contributed by atoms with Gasteiger partial charge in [-0.05, 0) is 36.2 Å². The van der Waals surface area contributed by atoms with Gasteiger partial charge in [0.15, 0.2) is 0 Å². The van der Waals surface area contributed by atoms with Gasteiger partial charge in [0.2, 0.25) is 0 Å². The van der Waals surface area contributed by atoms with Crippen molar-refractivity contribution >= 4 is 17.1 Å². The van der Waals surface area contributed by atoms with Gasteiger partial charge in [-0.15, -0.1) is 0 Å². The summed E-state index contributed by atoms with van der Waals surface area (Å²) in [7, 11) is 3.66. The minimum atomic E-state index is 0.739. The summed E-state index contributed by atoms with van der Waals surface area (Å²) in [5.74, 6) is 0.807. The maximum Gasteiger partial charge on any atom is 0.121 e. The highest BCUT2D eigenvalue weighted by molar-refractivity contribution is 5.75. The van der Waals surface area contributed by atoms with E-state index in [1.165, 1.54) is 5.56 Å². The molecule has 2 aromatic carbocycles. The fourth-order valence-corrected chi connectivity index (χ4v) is 2.04. The van der Waals surface area contributed by atoms with Gasteiger partial charge in [-0.1, -0.05) is 19.1 Å². The molecule has 0 aliphatic heterocycles. The topological polar surface area (TPSA) is 38.5 Å². The Morgan fingerprint density at radius 2 is 1.79 bits per heavy atom. The zero-order valence-electron chi connectivity index (χ0n) is 11.7. The van der Waals surface area contributed by atoms with Crippen molar-refractivity contribution in [2.45, 2.75) is 13.3 Å². The lowest BCUT2D eigenvalue weighted by Gasteiger charge is -2.22. The first-order valence-corrected chi connectivity index (χ1v) is 6.42. The number of nitrogens with two attached hydrogens (primary N) is 1. The quantitative estimate of drug-likeness (QED) is 0.849. The Balaban J connectivity index is 2.34. The summed E-state index contributed by atoms with van der Waals surface area (Å²) in [6.45, 7) is 2.15. The van der Waals surface area contributed by atoms with Crippen molar-refractivity contribution in [2.75, 3.05) is 24.8 Å². The van der Waals surface area contributed by atoms with Gasteiger partial charge in [-0.3, -0.25) is 0 Å². The van der Waals surface area contributed by atoms with Crippen LogP contribution in [0, 0.1) is 0 Å². The summed E-state index contributed by atoms with van der Waals surface area (Å²) in [4.78, 5) is 2.07. The molecular formula is C16H20N2O. The second kappa shape index (κ2) is 5.65. The second-order valence-electron chi connectivity index (χ2n) is 4.50. The highest BCUT2D eigenvalue weighted by atomic mass is 16.5. The van der Waals surface area contributed by atoms with Crippen molar-refractivity contribution in [3.8, 4) is 5.75 Å².